The Kier molecular flexibility index (Phi) is 4.88. The first kappa shape index (κ1) is 17.5. The number of aromatic amines is 1. The van der Waals surface area contributed by atoms with Gasteiger partial charge < -0.3 is 4.98 Å². The van der Waals surface area contributed by atoms with Crippen LogP contribution in [0.1, 0.15) is 28.5 Å². The summed E-state index contributed by atoms with van der Waals surface area (Å²) in [5, 5.41) is 6.38. The third-order valence-corrected chi connectivity index (χ3v) is 4.51. The van der Waals surface area contributed by atoms with E-state index >= 15 is 0 Å². The van der Waals surface area contributed by atoms with E-state index in [1.165, 1.54) is 0 Å². The van der Waals surface area contributed by atoms with Gasteiger partial charge >= 0.3 is 0 Å². The van der Waals surface area contributed by atoms with Crippen LogP contribution in [0.4, 0.5) is 5.69 Å². The summed E-state index contributed by atoms with van der Waals surface area (Å²) < 4.78 is 0. The molecule has 1 aromatic heterocycles. The van der Waals surface area contributed by atoms with Gasteiger partial charge in [0.2, 0.25) is 0 Å². The van der Waals surface area contributed by atoms with Gasteiger partial charge in [0.15, 0.2) is 0 Å². The smallest absolute Gasteiger partial charge is 0.286 e. The van der Waals surface area contributed by atoms with Crippen LogP contribution in [0.25, 0.3) is 0 Å². The summed E-state index contributed by atoms with van der Waals surface area (Å²) in [6, 6.07) is 22.9. The summed E-state index contributed by atoms with van der Waals surface area (Å²) in [7, 11) is 0. The number of carbonyl (C=O) groups is 2. The molecule has 140 valence electrons. The Hall–Kier alpha value is -3.87. The van der Waals surface area contributed by atoms with Gasteiger partial charge in [-0.05, 0) is 29.8 Å². The van der Waals surface area contributed by atoms with E-state index in [9.17, 15) is 9.59 Å². The predicted molar refractivity (Wildman–Crippen MR) is 107 cm³/mol. The van der Waals surface area contributed by atoms with Gasteiger partial charge in [-0.3, -0.25) is 25.4 Å². The lowest BCUT2D eigenvalue weighted by atomic mass is 10.0. The summed E-state index contributed by atoms with van der Waals surface area (Å²) in [5.41, 5.74) is 7.52. The van der Waals surface area contributed by atoms with Crippen molar-refractivity contribution in [1.82, 2.24) is 15.8 Å². The van der Waals surface area contributed by atoms with Crippen LogP contribution >= 0.6 is 0 Å². The first-order valence-electron chi connectivity index (χ1n) is 8.93. The molecule has 1 atom stereocenters. The summed E-state index contributed by atoms with van der Waals surface area (Å²) in [6.07, 6.45) is 2.07. The Morgan fingerprint density at radius 2 is 1.57 bits per heavy atom. The molecule has 3 N–H and O–H groups in total. The van der Waals surface area contributed by atoms with Gasteiger partial charge in [0.1, 0.15) is 11.4 Å². The van der Waals surface area contributed by atoms with Crippen LogP contribution in [0.3, 0.4) is 0 Å². The maximum Gasteiger partial charge on any atom is 0.286 e. The Balaban J connectivity index is 1.52. The second-order valence-electron chi connectivity index (χ2n) is 6.35. The van der Waals surface area contributed by atoms with Crippen LogP contribution in [0, 0.1) is 0 Å². The lowest BCUT2D eigenvalue weighted by Gasteiger charge is -2.23. The van der Waals surface area contributed by atoms with E-state index in [4.69, 9.17) is 0 Å². The molecule has 3 aromatic rings. The Labute approximate surface area is 162 Å². The molecule has 0 saturated carbocycles. The predicted octanol–water partition coefficient (Wildman–Crippen LogP) is 2.78. The van der Waals surface area contributed by atoms with Crippen molar-refractivity contribution in [2.75, 3.05) is 5.01 Å². The van der Waals surface area contributed by atoms with Crippen molar-refractivity contribution in [2.45, 2.75) is 12.5 Å². The Bertz CT molecular complexity index is 984. The first-order valence-corrected chi connectivity index (χ1v) is 8.93. The SMILES string of the molecule is O=C(NNC(=O)c1ccc[nH]1)C1=NN(c2ccccc2)C(c2ccccc2)C1. The van der Waals surface area contributed by atoms with E-state index in [0.717, 1.165) is 11.3 Å². The number of hydrazone groups is 1. The zero-order chi connectivity index (χ0) is 19.3. The molecule has 0 bridgehead atoms. The zero-order valence-corrected chi connectivity index (χ0v) is 15.0. The molecule has 7 heteroatoms. The molecule has 1 aliphatic heterocycles. The second kappa shape index (κ2) is 7.79. The van der Waals surface area contributed by atoms with Gasteiger partial charge in [-0.1, -0.05) is 48.5 Å². The number of nitrogens with zero attached hydrogens (tertiary/aromatic N) is 2. The van der Waals surface area contributed by atoms with E-state index in [-0.39, 0.29) is 6.04 Å². The fourth-order valence-corrected chi connectivity index (χ4v) is 3.13. The fourth-order valence-electron chi connectivity index (χ4n) is 3.13. The molecular formula is C21H19N5O2. The molecule has 0 fully saturated rings. The lowest BCUT2D eigenvalue weighted by Crippen LogP contribution is -2.44. The van der Waals surface area contributed by atoms with Crippen molar-refractivity contribution in [3.05, 3.63) is 90.3 Å². The van der Waals surface area contributed by atoms with Gasteiger partial charge in [-0.15, -0.1) is 0 Å². The van der Waals surface area contributed by atoms with Crippen LogP contribution < -0.4 is 15.9 Å². The normalized spacial score (nSPS) is 15.8. The Morgan fingerprint density at radius 1 is 0.893 bits per heavy atom. The topological polar surface area (TPSA) is 89.6 Å². The molecule has 2 heterocycles. The number of hydrazine groups is 1. The average molecular weight is 373 g/mol. The molecule has 1 unspecified atom stereocenters. The van der Waals surface area contributed by atoms with Crippen LogP contribution in [0.15, 0.2) is 84.1 Å². The quantitative estimate of drug-likeness (QED) is 0.614. The van der Waals surface area contributed by atoms with Crippen molar-refractivity contribution < 1.29 is 9.59 Å². The minimum Gasteiger partial charge on any atom is -0.357 e. The van der Waals surface area contributed by atoms with Crippen LogP contribution in [0.5, 0.6) is 0 Å². The largest absolute Gasteiger partial charge is 0.357 e. The second-order valence-corrected chi connectivity index (χ2v) is 6.35. The van der Waals surface area contributed by atoms with Crippen molar-refractivity contribution in [1.29, 1.82) is 0 Å². The summed E-state index contributed by atoms with van der Waals surface area (Å²) in [6.45, 7) is 0. The van der Waals surface area contributed by atoms with Crippen LogP contribution in [0.2, 0.25) is 0 Å². The summed E-state index contributed by atoms with van der Waals surface area (Å²) in [4.78, 5) is 27.4. The minimum atomic E-state index is -0.431. The third-order valence-electron chi connectivity index (χ3n) is 4.51. The number of nitrogens with one attached hydrogen (secondary N) is 3. The average Bonchev–Trinajstić information content (AvgIpc) is 3.43. The molecule has 0 spiro atoms. The molecule has 2 aromatic carbocycles. The van der Waals surface area contributed by atoms with E-state index < -0.39 is 11.8 Å². The van der Waals surface area contributed by atoms with Crippen LogP contribution in [-0.2, 0) is 4.79 Å². The molecule has 0 radical (unpaired) electrons. The number of carbonyl (C=O) groups excluding carboxylic acids is 2. The Morgan fingerprint density at radius 3 is 2.25 bits per heavy atom. The van der Waals surface area contributed by atoms with Gasteiger partial charge in [0, 0.05) is 12.6 Å². The van der Waals surface area contributed by atoms with Crippen molar-refractivity contribution in [3.63, 3.8) is 0 Å². The molecule has 28 heavy (non-hydrogen) atoms. The highest BCUT2D eigenvalue weighted by Gasteiger charge is 2.32. The highest BCUT2D eigenvalue weighted by Crippen LogP contribution is 2.34. The van der Waals surface area contributed by atoms with Crippen molar-refractivity contribution in [3.8, 4) is 0 Å². The summed E-state index contributed by atoms with van der Waals surface area (Å²) in [5.74, 6) is -0.851. The van der Waals surface area contributed by atoms with Crippen LogP contribution in [-0.4, -0.2) is 22.5 Å². The fraction of sp³-hybridized carbons (Fsp3) is 0.0952. The first-order chi connectivity index (χ1) is 13.7. The third kappa shape index (κ3) is 3.64. The molecule has 0 aliphatic carbocycles. The van der Waals surface area contributed by atoms with Crippen molar-refractivity contribution >= 4 is 23.2 Å². The molecule has 0 saturated heterocycles. The standard InChI is InChI=1S/C21H19N5O2/c27-20(17-12-7-13-22-17)23-24-21(28)18-14-19(15-8-3-1-4-9-15)26(25-18)16-10-5-2-6-11-16/h1-13,19,22H,14H2,(H,23,27)(H,24,28). The number of rotatable bonds is 4. The summed E-state index contributed by atoms with van der Waals surface area (Å²) >= 11 is 0. The van der Waals surface area contributed by atoms with E-state index in [1.54, 1.807) is 18.3 Å². The number of para-hydroxylation sites is 1. The van der Waals surface area contributed by atoms with Gasteiger partial charge in [0.05, 0.1) is 11.7 Å². The molecule has 7 nitrogen and oxygen atoms in total. The highest BCUT2D eigenvalue weighted by atomic mass is 16.2. The monoisotopic (exact) mass is 373 g/mol. The molecule has 1 aliphatic rings. The van der Waals surface area contributed by atoms with E-state index in [0.29, 0.717) is 17.8 Å². The maximum atomic E-state index is 12.6. The number of anilines is 1. The van der Waals surface area contributed by atoms with E-state index in [1.807, 2.05) is 65.7 Å². The van der Waals surface area contributed by atoms with E-state index in [2.05, 4.69) is 20.9 Å². The highest BCUT2D eigenvalue weighted by molar-refractivity contribution is 6.39. The maximum absolute atomic E-state index is 12.6. The molecular weight excluding hydrogens is 354 g/mol. The van der Waals surface area contributed by atoms with Gasteiger partial charge in [-0.2, -0.15) is 5.10 Å². The number of H-pyrrole nitrogens is 1. The molecule has 2 amide bonds. The number of aromatic nitrogens is 1. The number of benzene rings is 2. The minimum absolute atomic E-state index is 0.0940. The zero-order valence-electron chi connectivity index (χ0n) is 15.0. The lowest BCUT2D eigenvalue weighted by molar-refractivity contribution is -0.115. The number of hydrogen-bond acceptors (Lipinski definition) is 4. The van der Waals surface area contributed by atoms with Gasteiger partial charge in [-0.25, -0.2) is 0 Å². The van der Waals surface area contributed by atoms with Crippen molar-refractivity contribution in [2.24, 2.45) is 5.10 Å². The number of hydrogen-bond donors (Lipinski definition) is 3. The van der Waals surface area contributed by atoms with Gasteiger partial charge in [0.25, 0.3) is 11.8 Å². The number of amides is 2. The molecule has 4 rings (SSSR count).